The first-order valence-corrected chi connectivity index (χ1v) is 11.0. The predicted molar refractivity (Wildman–Crippen MR) is 110 cm³/mol. The Morgan fingerprint density at radius 1 is 1.19 bits per heavy atom. The minimum absolute atomic E-state index is 0.0644. The highest BCUT2D eigenvalue weighted by Gasteiger charge is 2.31. The fourth-order valence-corrected chi connectivity index (χ4v) is 3.68. The maximum absolute atomic E-state index is 12.6. The SMILES string of the molecule is NS(=O)(=O)c1cc(C(=O)OC[C@@H](O)[C@@H](O)[C@H](O)[C@H](O)CO)c(NCc2ccco2)cc1Cl. The van der Waals surface area contributed by atoms with Crippen LogP contribution in [0.4, 0.5) is 5.69 Å². The normalized spacial score (nSPS) is 15.6. The van der Waals surface area contributed by atoms with Crippen molar-refractivity contribution in [1.29, 1.82) is 0 Å². The van der Waals surface area contributed by atoms with Crippen molar-refractivity contribution in [2.45, 2.75) is 35.9 Å². The maximum atomic E-state index is 12.6. The summed E-state index contributed by atoms with van der Waals surface area (Å²) < 4.78 is 33.6. The fraction of sp³-hybridized carbons (Fsp3) is 0.389. The van der Waals surface area contributed by atoms with Gasteiger partial charge in [-0.15, -0.1) is 0 Å². The Morgan fingerprint density at radius 3 is 2.41 bits per heavy atom. The van der Waals surface area contributed by atoms with Gasteiger partial charge in [0.2, 0.25) is 10.0 Å². The number of esters is 1. The van der Waals surface area contributed by atoms with Crippen LogP contribution >= 0.6 is 11.6 Å². The van der Waals surface area contributed by atoms with Gasteiger partial charge < -0.3 is 40.0 Å². The number of nitrogens with two attached hydrogens (primary N) is 1. The predicted octanol–water partition coefficient (Wildman–Crippen LogP) is -1.21. The number of primary sulfonamides is 1. The van der Waals surface area contributed by atoms with Crippen LogP contribution in [0.25, 0.3) is 0 Å². The van der Waals surface area contributed by atoms with Gasteiger partial charge in [-0.3, -0.25) is 0 Å². The maximum Gasteiger partial charge on any atom is 0.340 e. The van der Waals surface area contributed by atoms with E-state index in [1.807, 2.05) is 0 Å². The molecule has 4 atom stereocenters. The van der Waals surface area contributed by atoms with Crippen LogP contribution in [-0.4, -0.2) is 77.5 Å². The first kappa shape index (κ1) is 26.0. The lowest BCUT2D eigenvalue weighted by molar-refractivity contribution is -0.124. The Labute approximate surface area is 187 Å². The third kappa shape index (κ3) is 6.63. The smallest absolute Gasteiger partial charge is 0.340 e. The quantitative estimate of drug-likeness (QED) is 0.184. The van der Waals surface area contributed by atoms with Crippen LogP contribution in [0.3, 0.4) is 0 Å². The molecule has 178 valence electrons. The molecule has 0 fully saturated rings. The van der Waals surface area contributed by atoms with Crippen LogP contribution in [-0.2, 0) is 21.3 Å². The summed E-state index contributed by atoms with van der Waals surface area (Å²) in [6, 6.07) is 5.32. The second-order valence-electron chi connectivity index (χ2n) is 6.70. The summed E-state index contributed by atoms with van der Waals surface area (Å²) in [5.41, 5.74) is -0.239. The number of carbonyl (C=O) groups excluding carboxylic acids is 1. The average Bonchev–Trinajstić information content (AvgIpc) is 3.26. The van der Waals surface area contributed by atoms with E-state index in [0.29, 0.717) is 5.76 Å². The Bertz CT molecular complexity index is 1020. The number of sulfonamides is 1. The van der Waals surface area contributed by atoms with Gasteiger partial charge in [0.1, 0.15) is 41.7 Å². The van der Waals surface area contributed by atoms with Crippen molar-refractivity contribution < 1.29 is 47.9 Å². The largest absolute Gasteiger partial charge is 0.467 e. The number of furan rings is 1. The lowest BCUT2D eigenvalue weighted by Gasteiger charge is -2.25. The molecule has 2 rings (SSSR count). The number of anilines is 1. The minimum atomic E-state index is -4.29. The molecule has 0 unspecified atom stereocenters. The third-order valence-electron chi connectivity index (χ3n) is 4.34. The van der Waals surface area contributed by atoms with Gasteiger partial charge in [0, 0.05) is 0 Å². The molecule has 0 aliphatic carbocycles. The van der Waals surface area contributed by atoms with Gasteiger partial charge in [0.25, 0.3) is 0 Å². The molecule has 0 bridgehead atoms. The zero-order chi connectivity index (χ0) is 24.1. The molecule has 0 saturated carbocycles. The molecular formula is C18H23ClN2O10S. The van der Waals surface area contributed by atoms with Crippen molar-refractivity contribution in [2.75, 3.05) is 18.5 Å². The molecule has 0 spiro atoms. The highest BCUT2D eigenvalue weighted by atomic mass is 35.5. The first-order valence-electron chi connectivity index (χ1n) is 9.08. The van der Waals surface area contributed by atoms with Gasteiger partial charge in [-0.05, 0) is 24.3 Å². The lowest BCUT2D eigenvalue weighted by Crippen LogP contribution is -2.47. The molecule has 12 nitrogen and oxygen atoms in total. The number of nitrogens with one attached hydrogen (secondary N) is 1. The number of halogens is 1. The number of benzene rings is 1. The summed E-state index contributed by atoms with van der Waals surface area (Å²) in [5, 5.41) is 55.2. The van der Waals surface area contributed by atoms with Gasteiger partial charge >= 0.3 is 5.97 Å². The van der Waals surface area contributed by atoms with E-state index in [1.54, 1.807) is 12.1 Å². The van der Waals surface area contributed by atoms with E-state index in [4.69, 9.17) is 31.0 Å². The topological polar surface area (TPSA) is 213 Å². The first-order chi connectivity index (χ1) is 15.0. The number of hydrogen-bond donors (Lipinski definition) is 7. The van der Waals surface area contributed by atoms with Gasteiger partial charge in [-0.2, -0.15) is 0 Å². The second-order valence-corrected chi connectivity index (χ2v) is 8.64. The molecule has 14 heteroatoms. The highest BCUT2D eigenvalue weighted by Crippen LogP contribution is 2.29. The molecular weight excluding hydrogens is 472 g/mol. The third-order valence-corrected chi connectivity index (χ3v) is 5.72. The standard InChI is InChI=1S/C18H23ClN2O10S/c19-11-5-12(21-6-9-2-1-3-30-9)10(4-15(11)32(20,28)29)18(27)31-8-14(24)17(26)16(25)13(23)7-22/h1-5,13-14,16-17,21-26H,6-8H2,(H2,20,28,29)/t13-,14-,16-,17-/m1/s1. The zero-order valence-electron chi connectivity index (χ0n) is 16.5. The van der Waals surface area contributed by atoms with Crippen molar-refractivity contribution in [2.24, 2.45) is 5.14 Å². The summed E-state index contributed by atoms with van der Waals surface area (Å²) in [4.78, 5) is 12.1. The molecule has 0 aliphatic rings. The molecule has 2 aromatic rings. The molecule has 0 aliphatic heterocycles. The Morgan fingerprint density at radius 2 is 1.84 bits per heavy atom. The summed E-state index contributed by atoms with van der Waals surface area (Å²) in [6.07, 6.45) is -6.01. The van der Waals surface area contributed by atoms with Crippen LogP contribution in [0.1, 0.15) is 16.1 Å². The van der Waals surface area contributed by atoms with Crippen LogP contribution in [0, 0.1) is 0 Å². The fourth-order valence-electron chi connectivity index (χ4n) is 2.58. The molecule has 0 radical (unpaired) electrons. The highest BCUT2D eigenvalue weighted by molar-refractivity contribution is 7.89. The number of ether oxygens (including phenoxy) is 1. The van der Waals surface area contributed by atoms with Gasteiger partial charge in [-0.25, -0.2) is 18.4 Å². The minimum Gasteiger partial charge on any atom is -0.467 e. The van der Waals surface area contributed by atoms with Crippen LogP contribution in [0.15, 0.2) is 39.8 Å². The molecule has 8 N–H and O–H groups in total. The summed E-state index contributed by atoms with van der Waals surface area (Å²) in [7, 11) is -4.29. The van der Waals surface area contributed by atoms with Crippen molar-refractivity contribution in [1.82, 2.24) is 0 Å². The molecule has 1 aromatic carbocycles. The lowest BCUT2D eigenvalue weighted by atomic mass is 10.0. The number of aliphatic hydroxyl groups excluding tert-OH is 5. The second kappa shape index (κ2) is 11.1. The number of carbonyl (C=O) groups is 1. The van der Waals surface area contributed by atoms with Gasteiger partial charge in [0.05, 0.1) is 35.7 Å². The van der Waals surface area contributed by atoms with Crippen molar-refractivity contribution in [3.63, 3.8) is 0 Å². The van der Waals surface area contributed by atoms with Crippen LogP contribution in [0.5, 0.6) is 0 Å². The van der Waals surface area contributed by atoms with Crippen molar-refractivity contribution in [3.8, 4) is 0 Å². The van der Waals surface area contributed by atoms with Crippen LogP contribution < -0.4 is 10.5 Å². The van der Waals surface area contributed by atoms with E-state index in [0.717, 1.165) is 12.1 Å². The Kier molecular flexibility index (Phi) is 9.00. The van der Waals surface area contributed by atoms with Crippen molar-refractivity contribution >= 4 is 33.3 Å². The van der Waals surface area contributed by atoms with E-state index in [-0.39, 0.29) is 22.8 Å². The van der Waals surface area contributed by atoms with E-state index >= 15 is 0 Å². The molecule has 1 heterocycles. The van der Waals surface area contributed by atoms with Gasteiger partial charge in [0.15, 0.2) is 0 Å². The molecule has 32 heavy (non-hydrogen) atoms. The number of aliphatic hydroxyl groups is 5. The molecule has 0 amide bonds. The Balaban J connectivity index is 2.23. The monoisotopic (exact) mass is 494 g/mol. The van der Waals surface area contributed by atoms with E-state index in [2.05, 4.69) is 5.32 Å². The Hall–Kier alpha value is -2.23. The number of hydrogen-bond acceptors (Lipinski definition) is 11. The van der Waals surface area contributed by atoms with Crippen LogP contribution in [0.2, 0.25) is 5.02 Å². The molecule has 1 aromatic heterocycles. The summed E-state index contributed by atoms with van der Waals surface area (Å²) >= 11 is 5.98. The zero-order valence-corrected chi connectivity index (χ0v) is 18.0. The molecule has 0 saturated heterocycles. The van der Waals surface area contributed by atoms with Gasteiger partial charge in [-0.1, -0.05) is 11.6 Å². The van der Waals surface area contributed by atoms with E-state index in [1.165, 1.54) is 6.26 Å². The van der Waals surface area contributed by atoms with E-state index < -0.39 is 58.5 Å². The average molecular weight is 495 g/mol. The van der Waals surface area contributed by atoms with E-state index in [9.17, 15) is 33.6 Å². The number of rotatable bonds is 11. The summed E-state index contributed by atoms with van der Waals surface area (Å²) in [5.74, 6) is -0.622. The summed E-state index contributed by atoms with van der Waals surface area (Å²) in [6.45, 7) is -1.61. The van der Waals surface area contributed by atoms with Crippen molar-refractivity contribution in [3.05, 3.63) is 46.9 Å².